The molecule has 4 atom stereocenters. The van der Waals surface area contributed by atoms with E-state index in [1.165, 1.54) is 0 Å². The molecule has 7 heteroatoms. The highest BCUT2D eigenvalue weighted by atomic mass is 16.5. The molecule has 23 heavy (non-hydrogen) atoms. The number of amides is 1. The average molecular weight is 315 g/mol. The lowest BCUT2D eigenvalue weighted by Crippen LogP contribution is -2.48. The van der Waals surface area contributed by atoms with Crippen molar-refractivity contribution in [3.63, 3.8) is 0 Å². The van der Waals surface area contributed by atoms with Crippen LogP contribution in [0.3, 0.4) is 0 Å². The Morgan fingerprint density at radius 1 is 1.39 bits per heavy atom. The lowest BCUT2D eigenvalue weighted by Gasteiger charge is -2.18. The standard InChI is InChI=1S/C16H18BNO5/c19-16(14-11-5-6-22-15(11)14)18-13(17(20)21)7-9-8-23-12-4-2-1-3-10(9)12/h1-4,8,11,13-15,20-21H,5-7H2,(H,18,19)/t11?,13-,14?,15?/m0/s1. The number of furan rings is 1. The minimum Gasteiger partial charge on any atom is -0.464 e. The summed E-state index contributed by atoms with van der Waals surface area (Å²) < 4.78 is 10.9. The second-order valence-electron chi connectivity index (χ2n) is 6.30. The van der Waals surface area contributed by atoms with Gasteiger partial charge >= 0.3 is 7.12 Å². The quantitative estimate of drug-likeness (QED) is 0.699. The van der Waals surface area contributed by atoms with E-state index >= 15 is 0 Å². The number of hydrogen-bond acceptors (Lipinski definition) is 5. The van der Waals surface area contributed by atoms with Crippen LogP contribution in [0.5, 0.6) is 0 Å². The van der Waals surface area contributed by atoms with E-state index in [0.717, 1.165) is 23.0 Å². The molecule has 6 nitrogen and oxygen atoms in total. The Hall–Kier alpha value is -1.83. The Bertz CT molecular complexity index is 720. The Morgan fingerprint density at radius 2 is 2.22 bits per heavy atom. The SMILES string of the molecule is O=C(N[C@@H](Cc1coc2ccccc12)B(O)O)C1C2CCOC21. The minimum atomic E-state index is -1.63. The van der Waals surface area contributed by atoms with Gasteiger partial charge in [-0.05, 0) is 24.5 Å². The highest BCUT2D eigenvalue weighted by molar-refractivity contribution is 6.43. The molecule has 2 heterocycles. The summed E-state index contributed by atoms with van der Waals surface area (Å²) in [6.45, 7) is 0.714. The van der Waals surface area contributed by atoms with Crippen molar-refractivity contribution in [2.75, 3.05) is 6.61 Å². The summed E-state index contributed by atoms with van der Waals surface area (Å²) in [5.74, 6) is -0.789. The molecule has 2 aliphatic rings. The van der Waals surface area contributed by atoms with Gasteiger partial charge in [0.25, 0.3) is 0 Å². The number of hydrogen-bond donors (Lipinski definition) is 3. The average Bonchev–Trinajstić information content (AvgIpc) is 2.88. The summed E-state index contributed by atoms with van der Waals surface area (Å²) in [6, 6.07) is 7.54. The first-order chi connectivity index (χ1) is 11.1. The number of carbonyl (C=O) groups excluding carboxylic acids is 1. The van der Waals surface area contributed by atoms with Crippen molar-refractivity contribution in [2.45, 2.75) is 24.9 Å². The van der Waals surface area contributed by atoms with E-state index in [0.29, 0.717) is 18.9 Å². The van der Waals surface area contributed by atoms with Gasteiger partial charge in [0.15, 0.2) is 0 Å². The molecule has 1 aliphatic carbocycles. The van der Waals surface area contributed by atoms with Gasteiger partial charge < -0.3 is 24.5 Å². The van der Waals surface area contributed by atoms with Gasteiger partial charge in [-0.1, -0.05) is 18.2 Å². The summed E-state index contributed by atoms with van der Waals surface area (Å²) in [7, 11) is -1.63. The van der Waals surface area contributed by atoms with Crippen LogP contribution in [0, 0.1) is 11.8 Å². The van der Waals surface area contributed by atoms with Crippen molar-refractivity contribution in [1.82, 2.24) is 5.32 Å². The first-order valence-electron chi connectivity index (χ1n) is 7.88. The minimum absolute atomic E-state index is 0.0150. The maximum Gasteiger partial charge on any atom is 0.475 e. The smallest absolute Gasteiger partial charge is 0.464 e. The molecular formula is C16H18BNO5. The second-order valence-corrected chi connectivity index (χ2v) is 6.30. The van der Waals surface area contributed by atoms with E-state index < -0.39 is 13.1 Å². The van der Waals surface area contributed by atoms with Crippen LogP contribution in [0.1, 0.15) is 12.0 Å². The Balaban J connectivity index is 1.47. The van der Waals surface area contributed by atoms with Gasteiger partial charge in [-0.15, -0.1) is 0 Å². The number of para-hydroxylation sites is 1. The molecule has 1 saturated carbocycles. The maximum absolute atomic E-state index is 12.3. The van der Waals surface area contributed by atoms with E-state index in [1.54, 1.807) is 6.26 Å². The van der Waals surface area contributed by atoms with E-state index in [1.807, 2.05) is 24.3 Å². The first-order valence-corrected chi connectivity index (χ1v) is 7.88. The zero-order valence-corrected chi connectivity index (χ0v) is 12.5. The zero-order valence-electron chi connectivity index (χ0n) is 12.5. The first kappa shape index (κ1) is 14.7. The number of fused-ring (bicyclic) bond motifs is 2. The number of rotatable bonds is 5. The fourth-order valence-corrected chi connectivity index (χ4v) is 3.54. The van der Waals surface area contributed by atoms with Crippen LogP contribution in [0.2, 0.25) is 0 Å². The van der Waals surface area contributed by atoms with E-state index in [9.17, 15) is 14.8 Å². The normalized spacial score (nSPS) is 26.8. The number of benzene rings is 1. The molecule has 0 radical (unpaired) electrons. The summed E-state index contributed by atoms with van der Waals surface area (Å²) in [4.78, 5) is 12.3. The molecule has 0 bridgehead atoms. The van der Waals surface area contributed by atoms with Gasteiger partial charge in [0, 0.05) is 17.9 Å². The molecule has 4 rings (SSSR count). The van der Waals surface area contributed by atoms with Crippen molar-refractivity contribution in [3.05, 3.63) is 36.1 Å². The van der Waals surface area contributed by atoms with Gasteiger partial charge in [0.1, 0.15) is 5.58 Å². The molecule has 1 amide bonds. The molecular weight excluding hydrogens is 297 g/mol. The number of nitrogens with one attached hydrogen (secondary N) is 1. The van der Waals surface area contributed by atoms with Crippen LogP contribution in [0.25, 0.3) is 11.0 Å². The van der Waals surface area contributed by atoms with Crippen molar-refractivity contribution < 1.29 is 24.0 Å². The fourth-order valence-electron chi connectivity index (χ4n) is 3.54. The highest BCUT2D eigenvalue weighted by Crippen LogP contribution is 2.49. The summed E-state index contributed by atoms with van der Waals surface area (Å²) in [6.07, 6.45) is 2.81. The third kappa shape index (κ3) is 2.65. The summed E-state index contributed by atoms with van der Waals surface area (Å²) >= 11 is 0. The molecule has 1 aromatic heterocycles. The van der Waals surface area contributed by atoms with Crippen molar-refractivity contribution >= 4 is 24.0 Å². The molecule has 120 valence electrons. The second kappa shape index (κ2) is 5.67. The Labute approximate surface area is 133 Å². The van der Waals surface area contributed by atoms with Crippen LogP contribution < -0.4 is 5.32 Å². The van der Waals surface area contributed by atoms with E-state index in [4.69, 9.17) is 9.15 Å². The monoisotopic (exact) mass is 315 g/mol. The summed E-state index contributed by atoms with van der Waals surface area (Å²) in [5, 5.41) is 22.9. The molecule has 3 unspecified atom stereocenters. The lowest BCUT2D eigenvalue weighted by atomic mass is 9.75. The van der Waals surface area contributed by atoms with Crippen molar-refractivity contribution in [2.24, 2.45) is 11.8 Å². The topological polar surface area (TPSA) is 91.9 Å². The third-order valence-electron chi connectivity index (χ3n) is 4.85. The van der Waals surface area contributed by atoms with Gasteiger partial charge in [0.05, 0.1) is 24.2 Å². The zero-order chi connectivity index (χ0) is 16.0. The van der Waals surface area contributed by atoms with E-state index in [2.05, 4.69) is 5.32 Å². The number of ether oxygens (including phenoxy) is 1. The lowest BCUT2D eigenvalue weighted by molar-refractivity contribution is -0.124. The third-order valence-corrected chi connectivity index (χ3v) is 4.85. The largest absolute Gasteiger partial charge is 0.475 e. The molecule has 2 fully saturated rings. The predicted molar refractivity (Wildman–Crippen MR) is 83.4 cm³/mol. The fraction of sp³-hybridized carbons (Fsp3) is 0.438. The van der Waals surface area contributed by atoms with Crippen molar-refractivity contribution in [3.8, 4) is 0 Å². The van der Waals surface area contributed by atoms with Crippen LogP contribution in [0.15, 0.2) is 34.9 Å². The van der Waals surface area contributed by atoms with Gasteiger partial charge in [-0.25, -0.2) is 0 Å². The molecule has 0 spiro atoms. The summed E-state index contributed by atoms with van der Waals surface area (Å²) in [5.41, 5.74) is 1.58. The molecule has 2 aromatic rings. The highest BCUT2D eigenvalue weighted by Gasteiger charge is 2.59. The molecule has 1 saturated heterocycles. The van der Waals surface area contributed by atoms with Crippen LogP contribution in [-0.2, 0) is 16.0 Å². The van der Waals surface area contributed by atoms with Crippen LogP contribution in [0.4, 0.5) is 0 Å². The maximum atomic E-state index is 12.3. The van der Waals surface area contributed by atoms with Gasteiger partial charge in [0.2, 0.25) is 5.91 Å². The molecule has 3 N–H and O–H groups in total. The Kier molecular flexibility index (Phi) is 3.63. The molecule has 1 aromatic carbocycles. The van der Waals surface area contributed by atoms with Gasteiger partial charge in [-0.3, -0.25) is 4.79 Å². The predicted octanol–water partition coefficient (Wildman–Crippen LogP) is 0.507. The Morgan fingerprint density at radius 3 is 2.96 bits per heavy atom. The van der Waals surface area contributed by atoms with Gasteiger partial charge in [-0.2, -0.15) is 0 Å². The molecule has 1 aliphatic heterocycles. The van der Waals surface area contributed by atoms with E-state index in [-0.39, 0.29) is 17.9 Å². The number of carbonyl (C=O) groups is 1. The van der Waals surface area contributed by atoms with Crippen LogP contribution in [-0.4, -0.2) is 41.7 Å². The van der Waals surface area contributed by atoms with Crippen LogP contribution >= 0.6 is 0 Å². The van der Waals surface area contributed by atoms with Crippen molar-refractivity contribution in [1.29, 1.82) is 0 Å².